The number of carboxylic acid groups (broad SMARTS) is 1. The Kier molecular flexibility index (Phi) is 12.1. The van der Waals surface area contributed by atoms with Gasteiger partial charge in [-0.25, -0.2) is 14.4 Å². The first-order valence-corrected chi connectivity index (χ1v) is 11.9. The highest BCUT2D eigenvalue weighted by Crippen LogP contribution is 2.37. The molecule has 0 aromatic heterocycles. The second-order valence-corrected chi connectivity index (χ2v) is 9.23. The summed E-state index contributed by atoms with van der Waals surface area (Å²) in [6.45, 7) is 13.0. The van der Waals surface area contributed by atoms with Crippen molar-refractivity contribution in [2.45, 2.75) is 91.8 Å². The molecule has 0 aliphatic carbocycles. The van der Waals surface area contributed by atoms with Gasteiger partial charge in [0, 0.05) is 11.8 Å². The lowest BCUT2D eigenvalue weighted by Crippen LogP contribution is -2.42. The predicted octanol–water partition coefficient (Wildman–Crippen LogP) is 4.62. The molecule has 0 saturated heterocycles. The summed E-state index contributed by atoms with van der Waals surface area (Å²) in [6, 6.07) is 2.64. The van der Waals surface area contributed by atoms with Crippen molar-refractivity contribution in [3.05, 3.63) is 23.8 Å². The molecule has 12 heteroatoms. The van der Waals surface area contributed by atoms with Crippen LogP contribution in [0.1, 0.15) is 66.9 Å². The smallest absolute Gasteiger partial charge is 0.480 e. The molecule has 1 rings (SSSR count). The molecule has 3 unspecified atom stereocenters. The van der Waals surface area contributed by atoms with E-state index in [2.05, 4.69) is 0 Å². The van der Waals surface area contributed by atoms with Gasteiger partial charge in [0.1, 0.15) is 12.1 Å². The Labute approximate surface area is 216 Å². The van der Waals surface area contributed by atoms with Gasteiger partial charge in [-0.1, -0.05) is 13.0 Å². The molecule has 0 saturated carbocycles. The third-order valence-electron chi connectivity index (χ3n) is 5.00. The fraction of sp³-hybridized carbons (Fsp3) is 0.600. The highest BCUT2D eigenvalue weighted by molar-refractivity contribution is 5.75. The lowest BCUT2D eigenvalue weighted by Gasteiger charge is -2.31. The maximum absolute atomic E-state index is 12.2. The number of hydrogen-bond donors (Lipinski definition) is 2. The topological polar surface area (TPSA) is 170 Å². The van der Waals surface area contributed by atoms with Crippen LogP contribution in [0.5, 0.6) is 11.5 Å². The van der Waals surface area contributed by atoms with E-state index in [0.29, 0.717) is 5.56 Å². The van der Waals surface area contributed by atoms with Crippen LogP contribution in [0, 0.1) is 5.92 Å². The molecule has 3 N–H and O–H groups in total. The molecular formula is C25H37NO11. The summed E-state index contributed by atoms with van der Waals surface area (Å²) < 4.78 is 30.7. The number of carboxylic acids is 1. The van der Waals surface area contributed by atoms with E-state index in [1.54, 1.807) is 55.4 Å². The maximum Gasteiger partial charge on any atom is 0.514 e. The van der Waals surface area contributed by atoms with Crippen molar-refractivity contribution in [2.24, 2.45) is 11.7 Å². The van der Waals surface area contributed by atoms with E-state index in [4.69, 9.17) is 34.2 Å². The molecule has 0 fully saturated rings. The summed E-state index contributed by atoms with van der Waals surface area (Å²) in [5.41, 5.74) is 6.34. The van der Waals surface area contributed by atoms with E-state index in [9.17, 15) is 24.3 Å². The maximum atomic E-state index is 12.2. The molecule has 0 heterocycles. The van der Waals surface area contributed by atoms with Crippen molar-refractivity contribution in [2.75, 3.05) is 0 Å². The van der Waals surface area contributed by atoms with Gasteiger partial charge in [-0.15, -0.1) is 0 Å². The number of carbonyl (C=O) groups excluding carboxylic acids is 3. The average molecular weight is 528 g/mol. The monoisotopic (exact) mass is 527 g/mol. The van der Waals surface area contributed by atoms with E-state index < -0.39 is 66.7 Å². The van der Waals surface area contributed by atoms with Crippen molar-refractivity contribution < 1.29 is 52.7 Å². The van der Waals surface area contributed by atoms with E-state index in [1.165, 1.54) is 18.2 Å². The van der Waals surface area contributed by atoms with Gasteiger partial charge in [0.2, 0.25) is 0 Å². The molecule has 0 spiro atoms. The van der Waals surface area contributed by atoms with Crippen LogP contribution in [0.3, 0.4) is 0 Å². The predicted molar refractivity (Wildman–Crippen MR) is 131 cm³/mol. The lowest BCUT2D eigenvalue weighted by atomic mass is 9.79. The van der Waals surface area contributed by atoms with E-state index in [0.717, 1.165) is 0 Å². The van der Waals surface area contributed by atoms with Gasteiger partial charge in [-0.3, -0.25) is 4.79 Å². The molecule has 0 aliphatic rings. The van der Waals surface area contributed by atoms with Crippen LogP contribution >= 0.6 is 0 Å². The minimum atomic E-state index is -1.43. The van der Waals surface area contributed by atoms with Gasteiger partial charge < -0.3 is 39.3 Å². The molecule has 4 atom stereocenters. The van der Waals surface area contributed by atoms with E-state index in [-0.39, 0.29) is 11.5 Å². The number of benzene rings is 1. The first-order valence-electron chi connectivity index (χ1n) is 11.9. The highest BCUT2D eigenvalue weighted by atomic mass is 16.8. The molecule has 12 nitrogen and oxygen atoms in total. The van der Waals surface area contributed by atoms with Gasteiger partial charge >= 0.3 is 24.4 Å². The quantitative estimate of drug-likeness (QED) is 0.233. The van der Waals surface area contributed by atoms with Crippen molar-refractivity contribution >= 4 is 24.4 Å². The fourth-order valence-corrected chi connectivity index (χ4v) is 3.27. The van der Waals surface area contributed by atoms with Crippen LogP contribution in [0.25, 0.3) is 0 Å². The zero-order valence-electron chi connectivity index (χ0n) is 22.4. The molecule has 0 aliphatic heterocycles. The van der Waals surface area contributed by atoms with E-state index in [1.807, 2.05) is 0 Å². The number of ether oxygens (including phenoxy) is 6. The summed E-state index contributed by atoms with van der Waals surface area (Å²) >= 11 is 0. The Balaban J connectivity index is 3.43. The number of carbonyl (C=O) groups is 4. The minimum Gasteiger partial charge on any atom is -0.480 e. The summed E-state index contributed by atoms with van der Waals surface area (Å²) in [5, 5.41) is 9.67. The Morgan fingerprint density at radius 3 is 1.62 bits per heavy atom. The summed E-state index contributed by atoms with van der Waals surface area (Å²) in [6.07, 6.45) is -5.21. The van der Waals surface area contributed by atoms with Crippen LogP contribution in [0.4, 0.5) is 14.4 Å². The van der Waals surface area contributed by atoms with Crippen LogP contribution in [0.15, 0.2) is 18.2 Å². The van der Waals surface area contributed by atoms with Gasteiger partial charge in [0.25, 0.3) is 0 Å². The third-order valence-corrected chi connectivity index (χ3v) is 5.00. The Morgan fingerprint density at radius 1 is 0.703 bits per heavy atom. The summed E-state index contributed by atoms with van der Waals surface area (Å²) in [5.74, 6) is -3.28. The Bertz CT molecular complexity index is 945. The lowest BCUT2D eigenvalue weighted by molar-refractivity contribution is -0.139. The van der Waals surface area contributed by atoms with Crippen molar-refractivity contribution in [1.29, 1.82) is 0 Å². The molecular weight excluding hydrogens is 490 g/mol. The largest absolute Gasteiger partial charge is 0.514 e. The molecule has 1 aromatic rings. The number of nitrogens with two attached hydrogens (primary N) is 1. The van der Waals surface area contributed by atoms with Crippen molar-refractivity contribution in [3.8, 4) is 11.5 Å². The van der Waals surface area contributed by atoms with Gasteiger partial charge in [-0.05, 0) is 66.2 Å². The molecule has 0 bridgehead atoms. The number of aliphatic carboxylic acids is 1. The van der Waals surface area contributed by atoms with Crippen LogP contribution in [-0.2, 0) is 23.7 Å². The normalized spacial score (nSPS) is 14.4. The summed E-state index contributed by atoms with van der Waals surface area (Å²) in [7, 11) is 0. The van der Waals surface area contributed by atoms with Gasteiger partial charge in [0.15, 0.2) is 11.5 Å². The number of hydrogen-bond acceptors (Lipinski definition) is 11. The molecule has 208 valence electrons. The van der Waals surface area contributed by atoms with Crippen LogP contribution < -0.4 is 15.2 Å². The number of rotatable bonds is 11. The zero-order chi connectivity index (χ0) is 28.4. The SMILES string of the molecule is CC(C)OC(=O)Oc1ccc(C(C(C)C(C)OC(=O)OC(C)C)[C@H](N)C(=O)O)cc1OC(=O)OC(C)C. The second-order valence-electron chi connectivity index (χ2n) is 9.23. The minimum absolute atomic E-state index is 0.171. The standard InChI is InChI=1S/C25H37NO11/c1-12(2)32-23(29)35-16(8)15(7)20(21(26)22(27)28)17-9-10-18(36-24(30)33-13(3)4)19(11-17)37-25(31)34-14(5)6/h9-16,20-21H,26H2,1-8H3,(H,27,28)/t15?,16?,20?,21-/m0/s1. The van der Waals surface area contributed by atoms with Gasteiger partial charge in [0.05, 0.1) is 18.3 Å². The Morgan fingerprint density at radius 2 is 1.16 bits per heavy atom. The molecule has 1 aromatic carbocycles. The zero-order valence-corrected chi connectivity index (χ0v) is 22.4. The van der Waals surface area contributed by atoms with E-state index >= 15 is 0 Å². The van der Waals surface area contributed by atoms with Crippen molar-refractivity contribution in [1.82, 2.24) is 0 Å². The van der Waals surface area contributed by atoms with Crippen molar-refractivity contribution in [3.63, 3.8) is 0 Å². The van der Waals surface area contributed by atoms with Gasteiger partial charge in [-0.2, -0.15) is 0 Å². The molecule has 37 heavy (non-hydrogen) atoms. The van der Waals surface area contributed by atoms with Crippen LogP contribution in [0.2, 0.25) is 0 Å². The average Bonchev–Trinajstić information content (AvgIpc) is 2.73. The highest BCUT2D eigenvalue weighted by Gasteiger charge is 2.36. The second kappa shape index (κ2) is 14.3. The molecule has 0 radical (unpaired) electrons. The fourth-order valence-electron chi connectivity index (χ4n) is 3.27. The summed E-state index contributed by atoms with van der Waals surface area (Å²) in [4.78, 5) is 48.1. The first kappa shape index (κ1) is 31.5. The molecule has 0 amide bonds. The Hall–Kier alpha value is -3.54. The van der Waals surface area contributed by atoms with Crippen LogP contribution in [-0.4, -0.2) is 60.0 Å². The third kappa shape index (κ3) is 10.5. The first-order chi connectivity index (χ1) is 17.1.